The van der Waals surface area contributed by atoms with Crippen LogP contribution in [0.5, 0.6) is 0 Å². The van der Waals surface area contributed by atoms with E-state index in [1.165, 1.54) is 16.1 Å². The van der Waals surface area contributed by atoms with Gasteiger partial charge in [-0.1, -0.05) is 0 Å². The number of anilines is 1. The molecule has 0 N–H and O–H groups in total. The van der Waals surface area contributed by atoms with E-state index in [-0.39, 0.29) is 5.91 Å². The fraction of sp³-hybridized carbons (Fsp3) is 0.467. The Balaban J connectivity index is 2.12. The second-order valence-electron chi connectivity index (χ2n) is 5.46. The van der Waals surface area contributed by atoms with E-state index in [2.05, 4.69) is 9.97 Å². The molecule has 7 nitrogen and oxygen atoms in total. The van der Waals surface area contributed by atoms with E-state index in [1.807, 2.05) is 13.8 Å². The molecule has 8 heteroatoms. The maximum Gasteiger partial charge on any atom is 0.274 e. The minimum atomic E-state index is -0.160. The number of hydrogen-bond acceptors (Lipinski definition) is 5. The van der Waals surface area contributed by atoms with Crippen molar-refractivity contribution in [1.82, 2.24) is 19.4 Å². The van der Waals surface area contributed by atoms with Crippen LogP contribution in [-0.4, -0.2) is 52.4 Å². The van der Waals surface area contributed by atoms with Crippen LogP contribution in [0.25, 0.3) is 0 Å². The highest BCUT2D eigenvalue weighted by Gasteiger charge is 2.23. The van der Waals surface area contributed by atoms with Gasteiger partial charge in [0.1, 0.15) is 0 Å². The topological polar surface area (TPSA) is 71.3 Å². The largest absolute Gasteiger partial charge is 0.340 e. The minimum Gasteiger partial charge on any atom is -0.340 e. The zero-order chi connectivity index (χ0) is 17.1. The quantitative estimate of drug-likeness (QED) is 0.748. The van der Waals surface area contributed by atoms with Gasteiger partial charge < -0.3 is 14.4 Å². The Morgan fingerprint density at radius 2 is 2.09 bits per heavy atom. The Hall–Kier alpha value is -2.22. The molecule has 2 aromatic rings. The zero-order valence-corrected chi connectivity index (χ0v) is 14.8. The highest BCUT2D eigenvalue weighted by Crippen LogP contribution is 2.20. The molecule has 2 amide bonds. The van der Waals surface area contributed by atoms with Gasteiger partial charge in [-0.25, -0.2) is 9.97 Å². The summed E-state index contributed by atoms with van der Waals surface area (Å²) in [5.41, 5.74) is 1.43. The molecule has 0 fully saturated rings. The van der Waals surface area contributed by atoms with Crippen molar-refractivity contribution in [2.45, 2.75) is 20.3 Å². The van der Waals surface area contributed by atoms with E-state index in [1.54, 1.807) is 41.9 Å². The third-order valence-electron chi connectivity index (χ3n) is 3.63. The van der Waals surface area contributed by atoms with Gasteiger partial charge in [-0.2, -0.15) is 0 Å². The number of nitrogens with zero attached hydrogens (tertiary/aromatic N) is 5. The number of hydrogen-bond donors (Lipinski definition) is 0. The van der Waals surface area contributed by atoms with Crippen molar-refractivity contribution in [1.29, 1.82) is 0 Å². The number of rotatable bonds is 6. The number of carbonyl (C=O) groups is 2. The molecule has 0 aliphatic heterocycles. The molecule has 0 spiro atoms. The van der Waals surface area contributed by atoms with Crippen LogP contribution >= 0.6 is 11.3 Å². The molecule has 124 valence electrons. The molecule has 0 aliphatic rings. The van der Waals surface area contributed by atoms with E-state index in [9.17, 15) is 9.59 Å². The van der Waals surface area contributed by atoms with Gasteiger partial charge in [-0.3, -0.25) is 9.59 Å². The van der Waals surface area contributed by atoms with Gasteiger partial charge >= 0.3 is 0 Å². The Bertz CT molecular complexity index is 722. The maximum atomic E-state index is 12.7. The molecule has 0 aliphatic carbocycles. The molecule has 0 saturated heterocycles. The van der Waals surface area contributed by atoms with E-state index in [0.29, 0.717) is 24.5 Å². The van der Waals surface area contributed by atoms with Crippen LogP contribution in [-0.2, 0) is 18.3 Å². The maximum absolute atomic E-state index is 12.7. The Morgan fingerprint density at radius 3 is 2.65 bits per heavy atom. The number of likely N-dealkylation sites (N-methyl/N-ethyl adjacent to an activating group) is 1. The Kier molecular flexibility index (Phi) is 5.15. The molecule has 0 aromatic carbocycles. The second kappa shape index (κ2) is 6.91. The van der Waals surface area contributed by atoms with Crippen molar-refractivity contribution in [2.75, 3.05) is 25.5 Å². The molecule has 0 saturated carbocycles. The Morgan fingerprint density at radius 1 is 1.39 bits per heavy atom. The molecule has 2 rings (SSSR count). The van der Waals surface area contributed by atoms with Crippen LogP contribution in [0.3, 0.4) is 0 Å². The van der Waals surface area contributed by atoms with Crippen LogP contribution in [0.15, 0.2) is 6.33 Å². The lowest BCUT2D eigenvalue weighted by Gasteiger charge is -2.19. The summed E-state index contributed by atoms with van der Waals surface area (Å²) >= 11 is 1.66. The van der Waals surface area contributed by atoms with Gasteiger partial charge in [0, 0.05) is 39.0 Å². The number of carbonyl (C=O) groups excluding carboxylic acids is 2. The van der Waals surface area contributed by atoms with Crippen LogP contribution in [0, 0.1) is 13.8 Å². The fourth-order valence-corrected chi connectivity index (χ4v) is 3.26. The minimum absolute atomic E-state index is 0.160. The molecule has 2 aromatic heterocycles. The van der Waals surface area contributed by atoms with E-state index in [4.69, 9.17) is 0 Å². The summed E-state index contributed by atoms with van der Waals surface area (Å²) in [5, 5.41) is 1.04. The summed E-state index contributed by atoms with van der Waals surface area (Å²) in [6.45, 7) is 4.54. The van der Waals surface area contributed by atoms with Crippen LogP contribution in [0.1, 0.15) is 26.1 Å². The summed E-state index contributed by atoms with van der Waals surface area (Å²) in [6.07, 6.45) is 2.94. The average Bonchev–Trinajstić information content (AvgIpc) is 3.05. The van der Waals surface area contributed by atoms with Crippen molar-refractivity contribution in [3.8, 4) is 0 Å². The van der Waals surface area contributed by atoms with Gasteiger partial charge in [-0.05, 0) is 13.8 Å². The van der Waals surface area contributed by atoms with Gasteiger partial charge in [0.05, 0.1) is 17.0 Å². The molecule has 23 heavy (non-hydrogen) atoms. The smallest absolute Gasteiger partial charge is 0.274 e. The number of imidazole rings is 1. The number of thiazole rings is 1. The lowest BCUT2D eigenvalue weighted by molar-refractivity contribution is -0.107. The number of aryl methyl sites for hydroxylation is 3. The fourth-order valence-electron chi connectivity index (χ4n) is 2.33. The van der Waals surface area contributed by atoms with E-state index < -0.39 is 0 Å². The van der Waals surface area contributed by atoms with Crippen molar-refractivity contribution in [3.63, 3.8) is 0 Å². The molecule has 2 heterocycles. The number of amides is 2. The first-order chi connectivity index (χ1) is 10.8. The highest BCUT2D eigenvalue weighted by molar-refractivity contribution is 7.11. The second-order valence-corrected chi connectivity index (χ2v) is 6.75. The van der Waals surface area contributed by atoms with Crippen LogP contribution in [0.4, 0.5) is 5.82 Å². The molecular formula is C15H21N5O2S. The van der Waals surface area contributed by atoms with Crippen molar-refractivity contribution in [2.24, 2.45) is 7.05 Å². The van der Waals surface area contributed by atoms with Crippen LogP contribution < -0.4 is 4.90 Å². The predicted octanol–water partition coefficient (Wildman–Crippen LogP) is 1.40. The van der Waals surface area contributed by atoms with E-state index in [0.717, 1.165) is 17.1 Å². The van der Waals surface area contributed by atoms with Crippen molar-refractivity contribution < 1.29 is 9.59 Å². The lowest BCUT2D eigenvalue weighted by atomic mass is 10.2. The normalized spacial score (nSPS) is 10.7. The molecule has 0 atom stereocenters. The predicted molar refractivity (Wildman–Crippen MR) is 89.9 cm³/mol. The standard InChI is InChI=1S/C15H21N5O2S/c1-10-12(23-11(2)17-10)6-7-18(3)15(22)13-14(20(5)9-21)16-8-19(13)4/h8-9H,6-7H2,1-5H3. The average molecular weight is 335 g/mol. The van der Waals surface area contributed by atoms with Gasteiger partial charge in [0.25, 0.3) is 5.91 Å². The van der Waals surface area contributed by atoms with E-state index >= 15 is 0 Å². The monoisotopic (exact) mass is 335 g/mol. The summed E-state index contributed by atoms with van der Waals surface area (Å²) in [6, 6.07) is 0. The molecule has 0 bridgehead atoms. The first-order valence-electron chi connectivity index (χ1n) is 7.23. The zero-order valence-electron chi connectivity index (χ0n) is 14.0. The summed E-state index contributed by atoms with van der Waals surface area (Å²) in [4.78, 5) is 36.3. The van der Waals surface area contributed by atoms with Gasteiger partial charge in [-0.15, -0.1) is 11.3 Å². The first kappa shape index (κ1) is 17.1. The van der Waals surface area contributed by atoms with Gasteiger partial charge in [0.2, 0.25) is 6.41 Å². The Labute approximate surface area is 139 Å². The lowest BCUT2D eigenvalue weighted by Crippen LogP contribution is -2.32. The van der Waals surface area contributed by atoms with Crippen LogP contribution in [0.2, 0.25) is 0 Å². The molecular weight excluding hydrogens is 314 g/mol. The summed E-state index contributed by atoms with van der Waals surface area (Å²) in [5.74, 6) is 0.205. The highest BCUT2D eigenvalue weighted by atomic mass is 32.1. The van der Waals surface area contributed by atoms with Gasteiger partial charge in [0.15, 0.2) is 11.5 Å². The van der Waals surface area contributed by atoms with Crippen molar-refractivity contribution >= 4 is 29.5 Å². The molecule has 0 radical (unpaired) electrons. The third kappa shape index (κ3) is 3.58. The van der Waals surface area contributed by atoms with Crippen molar-refractivity contribution in [3.05, 3.63) is 27.6 Å². The first-order valence-corrected chi connectivity index (χ1v) is 8.04. The SMILES string of the molecule is Cc1nc(C)c(CCN(C)C(=O)c2c(N(C)C=O)ncn2C)s1. The summed E-state index contributed by atoms with van der Waals surface area (Å²) < 4.78 is 1.64. The summed E-state index contributed by atoms with van der Waals surface area (Å²) in [7, 11) is 5.08. The number of aromatic nitrogens is 3. The third-order valence-corrected chi connectivity index (χ3v) is 4.77. The molecule has 0 unspecified atom stereocenters.